The molecule has 60 valence electrons. The summed E-state index contributed by atoms with van der Waals surface area (Å²) in [7, 11) is 0. The number of hydrogen-bond donors (Lipinski definition) is 2. The number of carbonyl (C=O) groups is 1. The van der Waals surface area contributed by atoms with Crippen molar-refractivity contribution in [3.8, 4) is 0 Å². The molecule has 1 saturated heterocycles. The second-order valence-corrected chi connectivity index (χ2v) is 3.32. The van der Waals surface area contributed by atoms with Crippen LogP contribution >= 0.6 is 24.2 Å². The Hall–Kier alpha value is 0.0700. The van der Waals surface area contributed by atoms with Crippen LogP contribution in [0.4, 0.5) is 0 Å². The van der Waals surface area contributed by atoms with Crippen LogP contribution in [-0.2, 0) is 4.79 Å². The molecule has 1 heterocycles. The van der Waals surface area contributed by atoms with Gasteiger partial charge in [-0.25, -0.2) is 5.84 Å². The van der Waals surface area contributed by atoms with Crippen LogP contribution in [0.2, 0.25) is 0 Å². The van der Waals surface area contributed by atoms with Gasteiger partial charge in [0, 0.05) is 0 Å². The van der Waals surface area contributed by atoms with Crippen LogP contribution in [0.25, 0.3) is 0 Å². The minimum Gasteiger partial charge on any atom is -0.293 e. The first-order valence-electron chi connectivity index (χ1n) is 2.96. The predicted molar refractivity (Wildman–Crippen MR) is 45.1 cm³/mol. The van der Waals surface area contributed by atoms with Gasteiger partial charge < -0.3 is 0 Å². The lowest BCUT2D eigenvalue weighted by molar-refractivity contribution is -0.120. The maximum absolute atomic E-state index is 10.8. The normalized spacial score (nSPS) is 23.5. The van der Waals surface area contributed by atoms with Crippen molar-refractivity contribution in [2.45, 2.75) is 18.1 Å². The average Bonchev–Trinajstić information content (AvgIpc) is 2.37. The quantitative estimate of drug-likeness (QED) is 0.348. The summed E-state index contributed by atoms with van der Waals surface area (Å²) < 4.78 is 0. The van der Waals surface area contributed by atoms with Gasteiger partial charge in [-0.15, -0.1) is 24.2 Å². The summed E-state index contributed by atoms with van der Waals surface area (Å²) in [5.74, 6) is 6.00. The van der Waals surface area contributed by atoms with E-state index >= 15 is 0 Å². The molecule has 0 aromatic rings. The zero-order valence-corrected chi connectivity index (χ0v) is 7.13. The number of hydrazine groups is 1. The van der Waals surface area contributed by atoms with Crippen LogP contribution in [0.3, 0.4) is 0 Å². The summed E-state index contributed by atoms with van der Waals surface area (Å²) >= 11 is 1.68. The van der Waals surface area contributed by atoms with Crippen LogP contribution < -0.4 is 11.3 Å². The highest BCUT2D eigenvalue weighted by molar-refractivity contribution is 8.00. The number of nitrogens with two attached hydrogens (primary N) is 1. The lowest BCUT2D eigenvalue weighted by Crippen LogP contribution is -2.36. The minimum atomic E-state index is -0.0301. The van der Waals surface area contributed by atoms with Crippen molar-refractivity contribution in [1.82, 2.24) is 5.43 Å². The van der Waals surface area contributed by atoms with E-state index in [1.807, 2.05) is 0 Å². The van der Waals surface area contributed by atoms with Gasteiger partial charge in [0.05, 0.1) is 5.25 Å². The second kappa shape index (κ2) is 4.82. The van der Waals surface area contributed by atoms with Crippen LogP contribution in [0.1, 0.15) is 12.8 Å². The highest BCUT2D eigenvalue weighted by Crippen LogP contribution is 2.25. The van der Waals surface area contributed by atoms with E-state index in [0.29, 0.717) is 0 Å². The maximum atomic E-state index is 10.8. The highest BCUT2D eigenvalue weighted by Gasteiger charge is 2.21. The minimum absolute atomic E-state index is 0. The van der Waals surface area contributed by atoms with Gasteiger partial charge in [-0.1, -0.05) is 0 Å². The highest BCUT2D eigenvalue weighted by atomic mass is 35.5. The van der Waals surface area contributed by atoms with Crippen molar-refractivity contribution in [2.24, 2.45) is 5.84 Å². The Balaban J connectivity index is 0.000000810. The molecule has 1 atom stereocenters. The molecule has 0 aromatic heterocycles. The third kappa shape index (κ3) is 2.36. The van der Waals surface area contributed by atoms with E-state index in [-0.39, 0.29) is 23.6 Å². The molecule has 10 heavy (non-hydrogen) atoms. The summed E-state index contributed by atoms with van der Waals surface area (Å²) in [4.78, 5) is 10.8. The fraction of sp³-hybridized carbons (Fsp3) is 0.800. The summed E-state index contributed by atoms with van der Waals surface area (Å²) in [6, 6.07) is 0. The molecule has 1 fully saturated rings. The van der Waals surface area contributed by atoms with Gasteiger partial charge in [-0.2, -0.15) is 0 Å². The number of carbonyl (C=O) groups excluding carboxylic acids is 1. The van der Waals surface area contributed by atoms with Crippen LogP contribution in [0.15, 0.2) is 0 Å². The first-order valence-corrected chi connectivity index (χ1v) is 4.01. The molecule has 0 bridgehead atoms. The van der Waals surface area contributed by atoms with E-state index in [1.54, 1.807) is 11.8 Å². The van der Waals surface area contributed by atoms with E-state index in [0.717, 1.165) is 18.6 Å². The Bertz CT molecular complexity index is 116. The van der Waals surface area contributed by atoms with E-state index in [1.165, 1.54) is 0 Å². The molecule has 0 aliphatic carbocycles. The largest absolute Gasteiger partial charge is 0.293 e. The molecule has 1 rings (SSSR count). The van der Waals surface area contributed by atoms with E-state index in [9.17, 15) is 4.79 Å². The number of hydrogen-bond acceptors (Lipinski definition) is 3. The van der Waals surface area contributed by atoms with Crippen molar-refractivity contribution in [3.05, 3.63) is 0 Å². The van der Waals surface area contributed by atoms with Crippen molar-refractivity contribution in [3.63, 3.8) is 0 Å². The molecule has 0 saturated carbocycles. The van der Waals surface area contributed by atoms with Gasteiger partial charge in [0.2, 0.25) is 5.91 Å². The number of rotatable bonds is 1. The Morgan fingerprint density at radius 1 is 1.70 bits per heavy atom. The zero-order chi connectivity index (χ0) is 6.69. The van der Waals surface area contributed by atoms with E-state index in [4.69, 9.17) is 5.84 Å². The first kappa shape index (κ1) is 10.1. The fourth-order valence-corrected chi connectivity index (χ4v) is 2.05. The molecule has 1 unspecified atom stereocenters. The van der Waals surface area contributed by atoms with Gasteiger partial charge in [0.15, 0.2) is 0 Å². The van der Waals surface area contributed by atoms with Gasteiger partial charge in [-0.3, -0.25) is 10.2 Å². The van der Waals surface area contributed by atoms with Gasteiger partial charge in [0.1, 0.15) is 0 Å². The van der Waals surface area contributed by atoms with Gasteiger partial charge in [-0.05, 0) is 18.6 Å². The van der Waals surface area contributed by atoms with Crippen molar-refractivity contribution in [2.75, 3.05) is 5.75 Å². The number of halogens is 1. The Morgan fingerprint density at radius 3 is 2.80 bits per heavy atom. The molecule has 0 spiro atoms. The molecule has 0 aromatic carbocycles. The third-order valence-electron chi connectivity index (χ3n) is 1.36. The lowest BCUT2D eigenvalue weighted by atomic mass is 10.2. The van der Waals surface area contributed by atoms with Crippen molar-refractivity contribution < 1.29 is 4.79 Å². The smallest absolute Gasteiger partial charge is 0.246 e. The molecule has 3 nitrogen and oxygen atoms in total. The summed E-state index contributed by atoms with van der Waals surface area (Å²) in [6.07, 6.45) is 2.12. The van der Waals surface area contributed by atoms with Crippen molar-refractivity contribution >= 4 is 30.1 Å². The zero-order valence-electron chi connectivity index (χ0n) is 5.50. The first-order chi connectivity index (χ1) is 4.34. The topological polar surface area (TPSA) is 55.1 Å². The predicted octanol–water partition coefficient (Wildman–Crippen LogP) is 0.294. The van der Waals surface area contributed by atoms with E-state index in [2.05, 4.69) is 5.43 Å². The molecular formula is C5H11ClN2OS. The Morgan fingerprint density at radius 2 is 2.40 bits per heavy atom. The summed E-state index contributed by atoms with van der Waals surface area (Å²) in [6.45, 7) is 0. The standard InChI is InChI=1S/C5H10N2OS.ClH/c6-7-5(8)4-2-1-3-9-4;/h4H,1-3,6H2,(H,7,8);1H. The maximum Gasteiger partial charge on any atom is 0.246 e. The molecule has 1 aliphatic rings. The van der Waals surface area contributed by atoms with Crippen molar-refractivity contribution in [1.29, 1.82) is 0 Å². The Kier molecular flexibility index (Phi) is 4.85. The van der Waals surface area contributed by atoms with E-state index < -0.39 is 0 Å². The van der Waals surface area contributed by atoms with Crippen LogP contribution in [-0.4, -0.2) is 16.9 Å². The second-order valence-electron chi connectivity index (χ2n) is 2.01. The lowest BCUT2D eigenvalue weighted by Gasteiger charge is -2.03. The average molecular weight is 183 g/mol. The summed E-state index contributed by atoms with van der Waals surface area (Å²) in [5.41, 5.74) is 2.15. The molecule has 3 N–H and O–H groups in total. The molecule has 1 aliphatic heterocycles. The monoisotopic (exact) mass is 182 g/mol. The van der Waals surface area contributed by atoms with Crippen LogP contribution in [0.5, 0.6) is 0 Å². The fourth-order valence-electron chi connectivity index (χ4n) is 0.877. The third-order valence-corrected chi connectivity index (χ3v) is 2.74. The summed E-state index contributed by atoms with van der Waals surface area (Å²) in [5, 5.41) is 0.120. The van der Waals surface area contributed by atoms with Gasteiger partial charge >= 0.3 is 0 Å². The molecule has 1 amide bonds. The molecular weight excluding hydrogens is 172 g/mol. The SMILES string of the molecule is Cl.NNC(=O)C1CCCS1. The number of nitrogens with one attached hydrogen (secondary N) is 1. The number of amides is 1. The molecule has 5 heteroatoms. The Labute approximate surface area is 70.5 Å². The van der Waals surface area contributed by atoms with Crippen LogP contribution in [0, 0.1) is 0 Å². The van der Waals surface area contributed by atoms with Gasteiger partial charge in [0.25, 0.3) is 0 Å². The molecule has 0 radical (unpaired) electrons. The number of thioether (sulfide) groups is 1.